The van der Waals surface area contributed by atoms with Gasteiger partial charge in [0, 0.05) is 0 Å². The molecule has 88 valence electrons. The standard InChI is InChI=1S/C13H18O3/c1-4-9(2)12(13(14)15)10-6-5-7-11(8-10)16-3/h5-9,12H,4H2,1-3H3,(H,14,15)/t9-,12-/m0/s1. The molecule has 0 aliphatic carbocycles. The largest absolute Gasteiger partial charge is 0.497 e. The summed E-state index contributed by atoms with van der Waals surface area (Å²) in [5, 5.41) is 9.25. The Bertz CT molecular complexity index is 360. The first kappa shape index (κ1) is 12.6. The zero-order valence-corrected chi connectivity index (χ0v) is 9.93. The predicted molar refractivity (Wildman–Crippen MR) is 62.8 cm³/mol. The maximum Gasteiger partial charge on any atom is 0.311 e. The highest BCUT2D eigenvalue weighted by Crippen LogP contribution is 2.29. The molecule has 0 fully saturated rings. The fourth-order valence-electron chi connectivity index (χ4n) is 1.79. The van der Waals surface area contributed by atoms with E-state index in [-0.39, 0.29) is 5.92 Å². The molecular formula is C13H18O3. The van der Waals surface area contributed by atoms with Gasteiger partial charge in [0.2, 0.25) is 0 Å². The second-order valence-electron chi connectivity index (χ2n) is 3.98. The molecule has 0 spiro atoms. The van der Waals surface area contributed by atoms with Gasteiger partial charge in [0.1, 0.15) is 5.75 Å². The fraction of sp³-hybridized carbons (Fsp3) is 0.462. The predicted octanol–water partition coefficient (Wildman–Crippen LogP) is 2.91. The molecule has 0 saturated heterocycles. The van der Waals surface area contributed by atoms with Gasteiger partial charge in [-0.2, -0.15) is 0 Å². The summed E-state index contributed by atoms with van der Waals surface area (Å²) in [5.74, 6) is -0.417. The van der Waals surface area contributed by atoms with Crippen molar-refractivity contribution in [3.63, 3.8) is 0 Å². The van der Waals surface area contributed by atoms with E-state index in [0.717, 1.165) is 12.0 Å². The Labute approximate surface area is 96.1 Å². The van der Waals surface area contributed by atoms with Crippen LogP contribution in [0.1, 0.15) is 31.7 Å². The summed E-state index contributed by atoms with van der Waals surface area (Å²) >= 11 is 0. The smallest absolute Gasteiger partial charge is 0.311 e. The average Bonchev–Trinajstić information content (AvgIpc) is 2.29. The molecule has 0 aromatic heterocycles. The van der Waals surface area contributed by atoms with Gasteiger partial charge in [0.25, 0.3) is 0 Å². The summed E-state index contributed by atoms with van der Waals surface area (Å²) in [6, 6.07) is 7.28. The van der Waals surface area contributed by atoms with Gasteiger partial charge in [-0.3, -0.25) is 4.79 Å². The lowest BCUT2D eigenvalue weighted by molar-refractivity contribution is -0.140. The van der Waals surface area contributed by atoms with Gasteiger partial charge in [-0.05, 0) is 23.6 Å². The number of ether oxygens (including phenoxy) is 1. The molecule has 0 aliphatic heterocycles. The Morgan fingerprint density at radius 2 is 2.19 bits per heavy atom. The van der Waals surface area contributed by atoms with Gasteiger partial charge in [-0.1, -0.05) is 32.4 Å². The van der Waals surface area contributed by atoms with E-state index in [1.54, 1.807) is 13.2 Å². The molecular weight excluding hydrogens is 204 g/mol. The van der Waals surface area contributed by atoms with Crippen molar-refractivity contribution in [1.82, 2.24) is 0 Å². The summed E-state index contributed by atoms with van der Waals surface area (Å²) < 4.78 is 5.11. The monoisotopic (exact) mass is 222 g/mol. The molecule has 0 aliphatic rings. The highest BCUT2D eigenvalue weighted by atomic mass is 16.5. The van der Waals surface area contributed by atoms with E-state index < -0.39 is 11.9 Å². The van der Waals surface area contributed by atoms with Gasteiger partial charge < -0.3 is 9.84 Å². The van der Waals surface area contributed by atoms with Crippen LogP contribution in [0.15, 0.2) is 24.3 Å². The lowest BCUT2D eigenvalue weighted by atomic mass is 9.85. The van der Waals surface area contributed by atoms with E-state index in [1.165, 1.54) is 0 Å². The Morgan fingerprint density at radius 3 is 2.69 bits per heavy atom. The molecule has 16 heavy (non-hydrogen) atoms. The van der Waals surface area contributed by atoms with Crippen molar-refractivity contribution in [2.75, 3.05) is 7.11 Å². The molecule has 0 saturated carbocycles. The topological polar surface area (TPSA) is 46.5 Å². The maximum atomic E-state index is 11.3. The van der Waals surface area contributed by atoms with Gasteiger partial charge in [-0.25, -0.2) is 0 Å². The molecule has 0 amide bonds. The minimum absolute atomic E-state index is 0.115. The van der Waals surface area contributed by atoms with E-state index in [0.29, 0.717) is 5.75 Å². The molecule has 3 nitrogen and oxygen atoms in total. The Balaban J connectivity index is 3.05. The molecule has 1 N–H and O–H groups in total. The quantitative estimate of drug-likeness (QED) is 0.833. The van der Waals surface area contributed by atoms with E-state index in [1.807, 2.05) is 32.0 Å². The van der Waals surface area contributed by atoms with Crippen molar-refractivity contribution in [2.24, 2.45) is 5.92 Å². The van der Waals surface area contributed by atoms with Crippen molar-refractivity contribution in [3.05, 3.63) is 29.8 Å². The van der Waals surface area contributed by atoms with Crippen molar-refractivity contribution in [1.29, 1.82) is 0 Å². The number of carboxylic acid groups (broad SMARTS) is 1. The van der Waals surface area contributed by atoms with Crippen LogP contribution in [0.3, 0.4) is 0 Å². The summed E-state index contributed by atoms with van der Waals surface area (Å²) in [7, 11) is 1.58. The summed E-state index contributed by atoms with van der Waals surface area (Å²) in [6.45, 7) is 3.96. The van der Waals surface area contributed by atoms with Crippen molar-refractivity contribution < 1.29 is 14.6 Å². The molecule has 1 aromatic carbocycles. The molecule has 0 bridgehead atoms. The first-order valence-electron chi connectivity index (χ1n) is 5.46. The number of benzene rings is 1. The number of methoxy groups -OCH3 is 1. The Kier molecular flexibility index (Phi) is 4.35. The number of hydrogen-bond donors (Lipinski definition) is 1. The van der Waals surface area contributed by atoms with Gasteiger partial charge in [0.15, 0.2) is 0 Å². The molecule has 2 atom stereocenters. The fourth-order valence-corrected chi connectivity index (χ4v) is 1.79. The van der Waals surface area contributed by atoms with Crippen molar-refractivity contribution in [3.8, 4) is 5.75 Å². The molecule has 3 heteroatoms. The maximum absolute atomic E-state index is 11.3. The molecule has 1 rings (SSSR count). The second-order valence-corrected chi connectivity index (χ2v) is 3.98. The first-order valence-corrected chi connectivity index (χ1v) is 5.46. The third kappa shape index (κ3) is 2.75. The van der Waals surface area contributed by atoms with Crippen LogP contribution >= 0.6 is 0 Å². The van der Waals surface area contributed by atoms with Crippen LogP contribution in [0, 0.1) is 5.92 Å². The second kappa shape index (κ2) is 5.54. The number of carbonyl (C=O) groups is 1. The number of hydrogen-bond acceptors (Lipinski definition) is 2. The van der Waals surface area contributed by atoms with Crippen molar-refractivity contribution >= 4 is 5.97 Å². The third-order valence-corrected chi connectivity index (χ3v) is 2.93. The van der Waals surface area contributed by atoms with Crippen LogP contribution < -0.4 is 4.74 Å². The summed E-state index contributed by atoms with van der Waals surface area (Å²) in [5.41, 5.74) is 0.807. The highest BCUT2D eigenvalue weighted by molar-refractivity contribution is 5.76. The van der Waals surface area contributed by atoms with E-state index in [2.05, 4.69) is 0 Å². The SMILES string of the molecule is CC[C@H](C)[C@H](C(=O)O)c1cccc(OC)c1. The Hall–Kier alpha value is -1.51. The van der Waals surface area contributed by atoms with Gasteiger partial charge in [0.05, 0.1) is 13.0 Å². The highest BCUT2D eigenvalue weighted by Gasteiger charge is 2.25. The molecule has 0 unspecified atom stereocenters. The molecule has 1 aromatic rings. The molecule has 0 heterocycles. The summed E-state index contributed by atoms with van der Waals surface area (Å²) in [6.07, 6.45) is 0.841. The van der Waals surface area contributed by atoms with Crippen LogP contribution in [0.5, 0.6) is 5.75 Å². The average molecular weight is 222 g/mol. The number of carboxylic acids is 1. The van der Waals surface area contributed by atoms with Crippen LogP contribution in [-0.2, 0) is 4.79 Å². The lowest BCUT2D eigenvalue weighted by Crippen LogP contribution is -2.19. The summed E-state index contributed by atoms with van der Waals surface area (Å²) in [4.78, 5) is 11.3. The zero-order chi connectivity index (χ0) is 12.1. The molecule has 0 radical (unpaired) electrons. The zero-order valence-electron chi connectivity index (χ0n) is 9.93. The van der Waals surface area contributed by atoms with E-state index in [9.17, 15) is 9.90 Å². The Morgan fingerprint density at radius 1 is 1.50 bits per heavy atom. The van der Waals surface area contributed by atoms with Crippen LogP contribution in [-0.4, -0.2) is 18.2 Å². The first-order chi connectivity index (χ1) is 7.60. The number of rotatable bonds is 5. The minimum atomic E-state index is -0.775. The van der Waals surface area contributed by atoms with Gasteiger partial charge >= 0.3 is 5.97 Å². The normalized spacial score (nSPS) is 14.2. The van der Waals surface area contributed by atoms with E-state index in [4.69, 9.17) is 4.74 Å². The van der Waals surface area contributed by atoms with Crippen LogP contribution in [0.2, 0.25) is 0 Å². The van der Waals surface area contributed by atoms with Crippen LogP contribution in [0.25, 0.3) is 0 Å². The van der Waals surface area contributed by atoms with Crippen molar-refractivity contribution in [2.45, 2.75) is 26.2 Å². The lowest BCUT2D eigenvalue weighted by Gasteiger charge is -2.19. The third-order valence-electron chi connectivity index (χ3n) is 2.93. The van der Waals surface area contributed by atoms with Gasteiger partial charge in [-0.15, -0.1) is 0 Å². The minimum Gasteiger partial charge on any atom is -0.497 e. The van der Waals surface area contributed by atoms with Crippen LogP contribution in [0.4, 0.5) is 0 Å². The number of aliphatic carboxylic acids is 1. The van der Waals surface area contributed by atoms with E-state index >= 15 is 0 Å².